The first-order chi connectivity index (χ1) is 8.65. The number of amides is 1. The van der Waals surface area contributed by atoms with E-state index in [0.717, 1.165) is 15.9 Å². The fourth-order valence-corrected chi connectivity index (χ4v) is 2.84. The van der Waals surface area contributed by atoms with E-state index in [1.165, 1.54) is 11.3 Å². The number of nitrogens with one attached hydrogen (secondary N) is 2. The normalized spacial score (nSPS) is 11.0. The van der Waals surface area contributed by atoms with Gasteiger partial charge in [0, 0.05) is 18.5 Å². The Morgan fingerprint density at radius 2 is 2.39 bits per heavy atom. The van der Waals surface area contributed by atoms with Gasteiger partial charge in [-0.25, -0.2) is 0 Å². The van der Waals surface area contributed by atoms with Crippen LogP contribution in [0.25, 0.3) is 10.2 Å². The molecule has 1 amide bonds. The van der Waals surface area contributed by atoms with Crippen LogP contribution in [-0.4, -0.2) is 25.9 Å². The fourth-order valence-electron chi connectivity index (χ4n) is 1.83. The van der Waals surface area contributed by atoms with Gasteiger partial charge in [-0.05, 0) is 13.0 Å². The van der Waals surface area contributed by atoms with Gasteiger partial charge in [-0.2, -0.15) is 10.2 Å². The average molecular weight is 261 g/mol. The molecule has 3 rings (SSSR count). The SMILES string of the molecule is Cc1nn(C)c2sc(C(=O)Nc3ccn[nH]3)cc12. The molecule has 0 saturated carbocycles. The van der Waals surface area contributed by atoms with Crippen molar-refractivity contribution in [3.05, 3.63) is 28.9 Å². The minimum Gasteiger partial charge on any atom is -0.306 e. The number of hydrogen-bond donors (Lipinski definition) is 2. The van der Waals surface area contributed by atoms with E-state index in [4.69, 9.17) is 0 Å². The Bertz CT molecular complexity index is 675. The molecule has 3 aromatic rings. The van der Waals surface area contributed by atoms with Crippen molar-refractivity contribution >= 4 is 33.3 Å². The van der Waals surface area contributed by atoms with E-state index < -0.39 is 0 Å². The molecule has 7 heteroatoms. The standard InChI is InChI=1S/C11H11N5OS/c1-6-7-5-8(18-11(7)16(2)15-6)10(17)13-9-3-4-12-14-9/h3-5H,1-2H3,(H2,12,13,14,17). The van der Waals surface area contributed by atoms with E-state index in [9.17, 15) is 4.79 Å². The number of nitrogens with zero attached hydrogens (tertiary/aromatic N) is 3. The lowest BCUT2D eigenvalue weighted by Crippen LogP contribution is -2.10. The summed E-state index contributed by atoms with van der Waals surface area (Å²) in [5.41, 5.74) is 0.935. The zero-order valence-electron chi connectivity index (χ0n) is 9.89. The quantitative estimate of drug-likeness (QED) is 0.740. The second-order valence-corrected chi connectivity index (χ2v) is 4.99. The number of thiophene rings is 1. The highest BCUT2D eigenvalue weighted by Gasteiger charge is 2.15. The van der Waals surface area contributed by atoms with Crippen LogP contribution in [0.1, 0.15) is 15.4 Å². The van der Waals surface area contributed by atoms with Crippen molar-refractivity contribution in [2.45, 2.75) is 6.92 Å². The van der Waals surface area contributed by atoms with Crippen molar-refractivity contribution in [2.75, 3.05) is 5.32 Å². The first kappa shape index (κ1) is 11.0. The van der Waals surface area contributed by atoms with Gasteiger partial charge in [-0.15, -0.1) is 11.3 Å². The molecule has 92 valence electrons. The van der Waals surface area contributed by atoms with E-state index in [1.54, 1.807) is 16.9 Å². The molecule has 0 aromatic carbocycles. The van der Waals surface area contributed by atoms with Crippen LogP contribution in [-0.2, 0) is 7.05 Å². The monoisotopic (exact) mass is 261 g/mol. The minimum absolute atomic E-state index is 0.139. The van der Waals surface area contributed by atoms with E-state index in [0.29, 0.717) is 10.7 Å². The average Bonchev–Trinajstić information content (AvgIpc) is 3.00. The summed E-state index contributed by atoms with van der Waals surface area (Å²) in [5.74, 6) is 0.451. The number of fused-ring (bicyclic) bond motifs is 1. The van der Waals surface area contributed by atoms with Crippen molar-refractivity contribution in [3.8, 4) is 0 Å². The van der Waals surface area contributed by atoms with Gasteiger partial charge in [0.15, 0.2) is 0 Å². The number of aromatic nitrogens is 4. The fraction of sp³-hybridized carbons (Fsp3) is 0.182. The Hall–Kier alpha value is -2.15. The second-order valence-electron chi connectivity index (χ2n) is 3.96. The molecule has 0 spiro atoms. The van der Waals surface area contributed by atoms with E-state index in [1.807, 2.05) is 20.0 Å². The minimum atomic E-state index is -0.139. The molecule has 18 heavy (non-hydrogen) atoms. The summed E-state index contributed by atoms with van der Waals surface area (Å²) < 4.78 is 1.79. The number of aryl methyl sites for hydroxylation is 2. The van der Waals surface area contributed by atoms with Gasteiger partial charge < -0.3 is 5.32 Å². The van der Waals surface area contributed by atoms with Crippen LogP contribution in [0.4, 0.5) is 5.82 Å². The van der Waals surface area contributed by atoms with Crippen LogP contribution < -0.4 is 5.32 Å². The topological polar surface area (TPSA) is 75.6 Å². The Morgan fingerprint density at radius 1 is 1.56 bits per heavy atom. The highest BCUT2D eigenvalue weighted by Crippen LogP contribution is 2.27. The Morgan fingerprint density at radius 3 is 3.06 bits per heavy atom. The van der Waals surface area contributed by atoms with E-state index >= 15 is 0 Å². The van der Waals surface area contributed by atoms with Crippen molar-refractivity contribution in [1.82, 2.24) is 20.0 Å². The largest absolute Gasteiger partial charge is 0.306 e. The Balaban J connectivity index is 1.94. The van der Waals surface area contributed by atoms with Gasteiger partial charge in [0.05, 0.1) is 16.8 Å². The summed E-state index contributed by atoms with van der Waals surface area (Å²) in [5, 5.41) is 14.6. The molecular weight excluding hydrogens is 250 g/mol. The zero-order chi connectivity index (χ0) is 12.7. The van der Waals surface area contributed by atoms with Gasteiger partial charge in [0.25, 0.3) is 5.91 Å². The molecule has 0 atom stereocenters. The number of anilines is 1. The molecule has 0 fully saturated rings. The van der Waals surface area contributed by atoms with Crippen LogP contribution in [0.3, 0.4) is 0 Å². The molecule has 0 bridgehead atoms. The Kier molecular flexibility index (Phi) is 2.41. The number of aromatic amines is 1. The van der Waals surface area contributed by atoms with Crippen molar-refractivity contribution in [1.29, 1.82) is 0 Å². The maximum atomic E-state index is 12.0. The van der Waals surface area contributed by atoms with Crippen molar-refractivity contribution in [3.63, 3.8) is 0 Å². The molecule has 0 aliphatic heterocycles. The summed E-state index contributed by atoms with van der Waals surface area (Å²) in [4.78, 5) is 13.7. The maximum absolute atomic E-state index is 12.0. The smallest absolute Gasteiger partial charge is 0.266 e. The highest BCUT2D eigenvalue weighted by molar-refractivity contribution is 7.20. The van der Waals surface area contributed by atoms with Gasteiger partial charge in [0.2, 0.25) is 0 Å². The molecule has 0 radical (unpaired) electrons. The number of carbonyl (C=O) groups is 1. The Labute approximate surface area is 107 Å². The maximum Gasteiger partial charge on any atom is 0.266 e. The molecule has 0 unspecified atom stereocenters. The molecule has 0 saturated heterocycles. The summed E-state index contributed by atoms with van der Waals surface area (Å²) in [7, 11) is 1.88. The van der Waals surface area contributed by atoms with Crippen LogP contribution in [0.2, 0.25) is 0 Å². The van der Waals surface area contributed by atoms with Gasteiger partial charge >= 0.3 is 0 Å². The molecular formula is C11H11N5OS. The number of carbonyl (C=O) groups excluding carboxylic acids is 1. The first-order valence-electron chi connectivity index (χ1n) is 5.39. The van der Waals surface area contributed by atoms with Crippen LogP contribution in [0.15, 0.2) is 18.3 Å². The second kappa shape index (κ2) is 3.95. The van der Waals surface area contributed by atoms with Gasteiger partial charge in [-0.3, -0.25) is 14.6 Å². The predicted molar refractivity (Wildman–Crippen MR) is 69.9 cm³/mol. The third-order valence-corrected chi connectivity index (χ3v) is 3.87. The molecule has 3 heterocycles. The lowest BCUT2D eigenvalue weighted by Gasteiger charge is -1.98. The van der Waals surface area contributed by atoms with E-state index in [-0.39, 0.29) is 5.91 Å². The summed E-state index contributed by atoms with van der Waals surface area (Å²) in [6, 6.07) is 3.58. The van der Waals surface area contributed by atoms with E-state index in [2.05, 4.69) is 20.6 Å². The molecule has 0 aliphatic rings. The van der Waals surface area contributed by atoms with Crippen molar-refractivity contribution < 1.29 is 4.79 Å². The summed E-state index contributed by atoms with van der Waals surface area (Å²) in [6.45, 7) is 1.94. The first-order valence-corrected chi connectivity index (χ1v) is 6.20. The number of rotatable bonds is 2. The van der Waals surface area contributed by atoms with Crippen LogP contribution >= 0.6 is 11.3 Å². The summed E-state index contributed by atoms with van der Waals surface area (Å²) >= 11 is 1.43. The third kappa shape index (κ3) is 1.68. The number of hydrogen-bond acceptors (Lipinski definition) is 4. The van der Waals surface area contributed by atoms with Gasteiger partial charge in [-0.1, -0.05) is 0 Å². The molecule has 0 aliphatic carbocycles. The van der Waals surface area contributed by atoms with Crippen LogP contribution in [0.5, 0.6) is 0 Å². The third-order valence-electron chi connectivity index (χ3n) is 2.67. The van der Waals surface area contributed by atoms with Crippen LogP contribution in [0, 0.1) is 6.92 Å². The van der Waals surface area contributed by atoms with Crippen molar-refractivity contribution in [2.24, 2.45) is 7.05 Å². The summed E-state index contributed by atoms with van der Waals surface area (Å²) in [6.07, 6.45) is 1.59. The zero-order valence-corrected chi connectivity index (χ0v) is 10.7. The molecule has 6 nitrogen and oxygen atoms in total. The predicted octanol–water partition coefficient (Wildman–Crippen LogP) is 1.92. The molecule has 2 N–H and O–H groups in total. The lowest BCUT2D eigenvalue weighted by molar-refractivity contribution is 0.103. The molecule has 3 aromatic heterocycles. The lowest BCUT2D eigenvalue weighted by atomic mass is 10.3. The number of H-pyrrole nitrogens is 1. The highest BCUT2D eigenvalue weighted by atomic mass is 32.1. The van der Waals surface area contributed by atoms with Gasteiger partial charge in [0.1, 0.15) is 10.6 Å².